The third-order valence-corrected chi connectivity index (χ3v) is 1.37. The van der Waals surface area contributed by atoms with Gasteiger partial charge in [-0.3, -0.25) is 0 Å². The Kier molecular flexibility index (Phi) is 7.10. The summed E-state index contributed by atoms with van der Waals surface area (Å²) < 4.78 is 0. The van der Waals surface area contributed by atoms with E-state index in [1.165, 1.54) is 0 Å². The highest BCUT2D eigenvalue weighted by molar-refractivity contribution is 4.88. The Balaban J connectivity index is 3.28. The molecule has 0 radical (unpaired) electrons. The minimum atomic E-state index is -0.415. The van der Waals surface area contributed by atoms with E-state index in [0.29, 0.717) is 0 Å². The Labute approximate surface area is 67.9 Å². The van der Waals surface area contributed by atoms with E-state index in [1.807, 2.05) is 6.08 Å². The molecule has 0 bridgehead atoms. The largest absolute Gasteiger partial charge is 0.392 e. The molecule has 1 atom stereocenters. The second-order valence-corrected chi connectivity index (χ2v) is 2.40. The molecule has 0 aliphatic rings. The molecule has 0 spiro atoms. The Hall–Kier alpha value is -0.600. The molecule has 0 aromatic heterocycles. The number of hydrogen-bond donors (Lipinski definition) is 2. The van der Waals surface area contributed by atoms with E-state index >= 15 is 0 Å². The van der Waals surface area contributed by atoms with Crippen molar-refractivity contribution in [3.05, 3.63) is 24.8 Å². The van der Waals surface area contributed by atoms with Crippen LogP contribution in [0.1, 0.15) is 19.3 Å². The third kappa shape index (κ3) is 7.30. The van der Waals surface area contributed by atoms with Gasteiger partial charge in [0.25, 0.3) is 0 Å². The van der Waals surface area contributed by atoms with Gasteiger partial charge in [0, 0.05) is 0 Å². The first-order valence-corrected chi connectivity index (χ1v) is 3.87. The van der Waals surface area contributed by atoms with Gasteiger partial charge in [0.1, 0.15) is 0 Å². The SMILES string of the molecule is C=CCCCC(O)C=CCO. The van der Waals surface area contributed by atoms with Crippen LogP contribution in [0.25, 0.3) is 0 Å². The normalized spacial score (nSPS) is 13.6. The number of unbranched alkanes of at least 4 members (excludes halogenated alkanes) is 1. The maximum Gasteiger partial charge on any atom is 0.0721 e. The summed E-state index contributed by atoms with van der Waals surface area (Å²) in [5, 5.41) is 17.5. The molecule has 2 heteroatoms. The first kappa shape index (κ1) is 10.4. The lowest BCUT2D eigenvalue weighted by Gasteiger charge is -2.02. The van der Waals surface area contributed by atoms with Crippen LogP contribution in [0.2, 0.25) is 0 Å². The summed E-state index contributed by atoms with van der Waals surface area (Å²) in [6, 6.07) is 0. The fourth-order valence-electron chi connectivity index (χ4n) is 0.785. The average Bonchev–Trinajstić information content (AvgIpc) is 2.01. The molecule has 0 rings (SSSR count). The van der Waals surface area contributed by atoms with Gasteiger partial charge in [-0.25, -0.2) is 0 Å². The van der Waals surface area contributed by atoms with E-state index < -0.39 is 6.10 Å². The van der Waals surface area contributed by atoms with E-state index in [2.05, 4.69) is 6.58 Å². The van der Waals surface area contributed by atoms with Crippen molar-refractivity contribution < 1.29 is 10.2 Å². The summed E-state index contributed by atoms with van der Waals surface area (Å²) >= 11 is 0. The quantitative estimate of drug-likeness (QED) is 0.449. The maximum absolute atomic E-state index is 9.17. The van der Waals surface area contributed by atoms with Crippen molar-refractivity contribution in [3.8, 4) is 0 Å². The summed E-state index contributed by atoms with van der Waals surface area (Å²) in [5.74, 6) is 0. The van der Waals surface area contributed by atoms with Crippen LogP contribution in [0.5, 0.6) is 0 Å². The van der Waals surface area contributed by atoms with Crippen molar-refractivity contribution in [1.29, 1.82) is 0 Å². The Morgan fingerprint density at radius 1 is 1.45 bits per heavy atom. The summed E-state index contributed by atoms with van der Waals surface area (Å²) in [4.78, 5) is 0. The zero-order valence-corrected chi connectivity index (χ0v) is 6.74. The van der Waals surface area contributed by atoms with Gasteiger partial charge in [-0.2, -0.15) is 0 Å². The number of rotatable bonds is 6. The highest BCUT2D eigenvalue weighted by Crippen LogP contribution is 2.01. The maximum atomic E-state index is 9.17. The molecule has 0 saturated carbocycles. The zero-order valence-electron chi connectivity index (χ0n) is 6.74. The van der Waals surface area contributed by atoms with Crippen LogP contribution in [0.15, 0.2) is 24.8 Å². The zero-order chi connectivity index (χ0) is 8.53. The fourth-order valence-corrected chi connectivity index (χ4v) is 0.785. The monoisotopic (exact) mass is 156 g/mol. The second-order valence-electron chi connectivity index (χ2n) is 2.40. The molecule has 0 saturated heterocycles. The van der Waals surface area contributed by atoms with E-state index in [9.17, 15) is 5.11 Å². The lowest BCUT2D eigenvalue weighted by molar-refractivity contribution is 0.208. The first-order valence-electron chi connectivity index (χ1n) is 3.87. The predicted molar refractivity (Wildman–Crippen MR) is 46.3 cm³/mol. The van der Waals surface area contributed by atoms with Crippen LogP contribution >= 0.6 is 0 Å². The first-order chi connectivity index (χ1) is 5.31. The molecule has 2 N–H and O–H groups in total. The molecule has 1 unspecified atom stereocenters. The number of hydrogen-bond acceptors (Lipinski definition) is 2. The standard InChI is InChI=1S/C9H16O2/c1-2-3-4-6-9(11)7-5-8-10/h2,5,7,9-11H,1,3-4,6,8H2. The van der Waals surface area contributed by atoms with Crippen molar-refractivity contribution in [2.24, 2.45) is 0 Å². The van der Waals surface area contributed by atoms with Crippen LogP contribution in [-0.2, 0) is 0 Å². The predicted octanol–water partition coefficient (Wildman–Crippen LogP) is 1.25. The van der Waals surface area contributed by atoms with Gasteiger partial charge < -0.3 is 10.2 Å². The minimum absolute atomic E-state index is 0.00147. The lowest BCUT2D eigenvalue weighted by atomic mass is 10.1. The van der Waals surface area contributed by atoms with E-state index in [1.54, 1.807) is 12.2 Å². The van der Waals surface area contributed by atoms with Gasteiger partial charge in [-0.1, -0.05) is 18.2 Å². The Bertz CT molecular complexity index is 119. The van der Waals surface area contributed by atoms with E-state index in [0.717, 1.165) is 19.3 Å². The molecule has 0 aromatic carbocycles. The minimum Gasteiger partial charge on any atom is -0.392 e. The molecule has 0 aliphatic carbocycles. The topological polar surface area (TPSA) is 40.5 Å². The molecule has 64 valence electrons. The van der Waals surface area contributed by atoms with E-state index in [-0.39, 0.29) is 6.61 Å². The fraction of sp³-hybridized carbons (Fsp3) is 0.556. The van der Waals surface area contributed by atoms with Crippen molar-refractivity contribution in [1.82, 2.24) is 0 Å². The van der Waals surface area contributed by atoms with Crippen LogP contribution < -0.4 is 0 Å². The number of allylic oxidation sites excluding steroid dienone is 1. The average molecular weight is 156 g/mol. The molecule has 0 fully saturated rings. The van der Waals surface area contributed by atoms with Crippen LogP contribution in [0.3, 0.4) is 0 Å². The molecule has 0 heterocycles. The van der Waals surface area contributed by atoms with Gasteiger partial charge >= 0.3 is 0 Å². The van der Waals surface area contributed by atoms with Crippen LogP contribution in [-0.4, -0.2) is 22.9 Å². The highest BCUT2D eigenvalue weighted by atomic mass is 16.3. The second kappa shape index (κ2) is 7.51. The molecule has 0 aromatic rings. The molecule has 2 nitrogen and oxygen atoms in total. The lowest BCUT2D eigenvalue weighted by Crippen LogP contribution is -2.01. The smallest absolute Gasteiger partial charge is 0.0721 e. The summed E-state index contributed by atoms with van der Waals surface area (Å²) in [6.07, 6.45) is 7.21. The van der Waals surface area contributed by atoms with Gasteiger partial charge in [0.05, 0.1) is 12.7 Å². The Morgan fingerprint density at radius 3 is 2.73 bits per heavy atom. The Morgan fingerprint density at radius 2 is 2.18 bits per heavy atom. The summed E-state index contributed by atoms with van der Waals surface area (Å²) in [7, 11) is 0. The number of aliphatic hydroxyl groups excluding tert-OH is 2. The highest BCUT2D eigenvalue weighted by Gasteiger charge is 1.95. The molecule has 0 aliphatic heterocycles. The van der Waals surface area contributed by atoms with Gasteiger partial charge in [-0.05, 0) is 19.3 Å². The van der Waals surface area contributed by atoms with Crippen molar-refractivity contribution in [3.63, 3.8) is 0 Å². The molecule has 11 heavy (non-hydrogen) atoms. The summed E-state index contributed by atoms with van der Waals surface area (Å²) in [5.41, 5.74) is 0. The van der Waals surface area contributed by atoms with Crippen LogP contribution in [0.4, 0.5) is 0 Å². The molecular formula is C9H16O2. The van der Waals surface area contributed by atoms with Gasteiger partial charge in [0.2, 0.25) is 0 Å². The molecular weight excluding hydrogens is 140 g/mol. The van der Waals surface area contributed by atoms with Crippen molar-refractivity contribution in [2.45, 2.75) is 25.4 Å². The van der Waals surface area contributed by atoms with Crippen molar-refractivity contribution in [2.75, 3.05) is 6.61 Å². The number of aliphatic hydroxyl groups is 2. The van der Waals surface area contributed by atoms with E-state index in [4.69, 9.17) is 5.11 Å². The third-order valence-electron chi connectivity index (χ3n) is 1.37. The summed E-state index contributed by atoms with van der Waals surface area (Å²) in [6.45, 7) is 3.58. The van der Waals surface area contributed by atoms with Gasteiger partial charge in [0.15, 0.2) is 0 Å². The van der Waals surface area contributed by atoms with Crippen LogP contribution in [0, 0.1) is 0 Å². The van der Waals surface area contributed by atoms with Crippen molar-refractivity contribution >= 4 is 0 Å². The van der Waals surface area contributed by atoms with Gasteiger partial charge in [-0.15, -0.1) is 6.58 Å². The molecule has 0 amide bonds.